The molecule has 0 spiro atoms. The quantitative estimate of drug-likeness (QED) is 0.676. The van der Waals surface area contributed by atoms with Crippen molar-refractivity contribution in [2.24, 2.45) is 0 Å². The molecule has 0 radical (unpaired) electrons. The molecule has 2 aromatic heterocycles. The van der Waals surface area contributed by atoms with Crippen molar-refractivity contribution in [3.63, 3.8) is 0 Å². The Balaban J connectivity index is 1.92. The van der Waals surface area contributed by atoms with Crippen molar-refractivity contribution in [3.05, 3.63) is 48.8 Å². The van der Waals surface area contributed by atoms with E-state index in [0.717, 1.165) is 16.9 Å². The highest BCUT2D eigenvalue weighted by Gasteiger charge is 2.03. The lowest BCUT2D eigenvalue weighted by Gasteiger charge is -2.06. The number of imidazole rings is 1. The van der Waals surface area contributed by atoms with Crippen molar-refractivity contribution >= 4 is 17.4 Å². The fourth-order valence-corrected chi connectivity index (χ4v) is 2.78. The smallest absolute Gasteiger partial charge is 0.153 e. The predicted octanol–water partition coefficient (Wildman–Crippen LogP) is 3.90. The number of thioether (sulfide) groups is 1. The molecule has 19 heavy (non-hydrogen) atoms. The molecular weight excluding hydrogens is 254 g/mol. The predicted molar refractivity (Wildman–Crippen MR) is 79.4 cm³/mol. The van der Waals surface area contributed by atoms with Gasteiger partial charge in [0.2, 0.25) is 0 Å². The van der Waals surface area contributed by atoms with Gasteiger partial charge in [-0.3, -0.25) is 0 Å². The second-order valence-corrected chi connectivity index (χ2v) is 6.29. The fourth-order valence-electron chi connectivity index (χ4n) is 1.95. The molecule has 0 bridgehead atoms. The van der Waals surface area contributed by atoms with Crippen LogP contribution < -0.4 is 0 Å². The van der Waals surface area contributed by atoms with Crippen LogP contribution in [0.4, 0.5) is 0 Å². The normalized spacial score (nSPS) is 11.3. The Hall–Kier alpha value is -1.81. The zero-order valence-corrected chi connectivity index (χ0v) is 11.8. The third-order valence-corrected chi connectivity index (χ3v) is 3.79. The Labute approximate surface area is 116 Å². The van der Waals surface area contributed by atoms with Crippen LogP contribution >= 0.6 is 11.8 Å². The van der Waals surface area contributed by atoms with Crippen molar-refractivity contribution in [1.82, 2.24) is 14.6 Å². The van der Waals surface area contributed by atoms with Gasteiger partial charge < -0.3 is 0 Å². The second-order valence-electron chi connectivity index (χ2n) is 4.64. The second kappa shape index (κ2) is 5.05. The molecule has 3 rings (SSSR count). The monoisotopic (exact) mass is 269 g/mol. The summed E-state index contributed by atoms with van der Waals surface area (Å²) >= 11 is 1.87. The zero-order valence-electron chi connectivity index (χ0n) is 10.9. The number of hydrogen-bond acceptors (Lipinski definition) is 3. The highest BCUT2D eigenvalue weighted by Crippen LogP contribution is 2.25. The Morgan fingerprint density at radius 1 is 1.05 bits per heavy atom. The maximum Gasteiger partial charge on any atom is 0.153 e. The fraction of sp³-hybridized carbons (Fsp3) is 0.200. The van der Waals surface area contributed by atoms with Crippen molar-refractivity contribution in [2.45, 2.75) is 24.0 Å². The minimum absolute atomic E-state index is 0.603. The Bertz CT molecular complexity index is 686. The molecule has 0 amide bonds. The molecule has 0 saturated carbocycles. The summed E-state index contributed by atoms with van der Waals surface area (Å²) in [5.74, 6) is 0. The number of benzene rings is 1. The van der Waals surface area contributed by atoms with E-state index in [2.05, 4.69) is 48.2 Å². The van der Waals surface area contributed by atoms with Crippen LogP contribution in [0.3, 0.4) is 0 Å². The lowest BCUT2D eigenvalue weighted by atomic mass is 10.1. The van der Waals surface area contributed by atoms with Gasteiger partial charge in [-0.25, -0.2) is 9.50 Å². The first-order valence-electron chi connectivity index (χ1n) is 6.30. The Morgan fingerprint density at radius 2 is 1.84 bits per heavy atom. The summed E-state index contributed by atoms with van der Waals surface area (Å²) in [4.78, 5) is 5.49. The van der Waals surface area contributed by atoms with Crippen LogP contribution in [0.15, 0.2) is 53.7 Å². The lowest BCUT2D eigenvalue weighted by Crippen LogP contribution is -1.93. The van der Waals surface area contributed by atoms with Crippen LogP contribution in [0.5, 0.6) is 0 Å². The number of aromatic nitrogens is 3. The van der Waals surface area contributed by atoms with Crippen LogP contribution in [-0.2, 0) is 0 Å². The molecule has 1 aromatic carbocycles. The van der Waals surface area contributed by atoms with Gasteiger partial charge in [-0.05, 0) is 24.3 Å². The largest absolute Gasteiger partial charge is 0.236 e. The van der Waals surface area contributed by atoms with Crippen LogP contribution in [0.2, 0.25) is 0 Å². The van der Waals surface area contributed by atoms with E-state index in [1.54, 1.807) is 10.7 Å². The average Bonchev–Trinajstić information content (AvgIpc) is 2.86. The minimum Gasteiger partial charge on any atom is -0.236 e. The van der Waals surface area contributed by atoms with E-state index in [1.165, 1.54) is 4.90 Å². The van der Waals surface area contributed by atoms with Crippen LogP contribution in [0.1, 0.15) is 13.8 Å². The van der Waals surface area contributed by atoms with E-state index in [0.29, 0.717) is 5.25 Å². The molecule has 0 unspecified atom stereocenters. The summed E-state index contributed by atoms with van der Waals surface area (Å²) in [6.07, 6.45) is 3.62. The van der Waals surface area contributed by atoms with Gasteiger partial charge in [0.25, 0.3) is 0 Å². The van der Waals surface area contributed by atoms with E-state index >= 15 is 0 Å². The molecule has 3 nitrogen and oxygen atoms in total. The standard InChI is InChI=1S/C15H15N3S/c1-11(2)19-13-5-3-12(4-6-13)14-7-8-15-16-9-10-18(15)17-14/h3-11H,1-2H3. The molecule has 0 aliphatic heterocycles. The third kappa shape index (κ3) is 2.63. The van der Waals surface area contributed by atoms with Crippen molar-refractivity contribution in [3.8, 4) is 11.3 Å². The maximum absolute atomic E-state index is 4.54. The van der Waals surface area contributed by atoms with Crippen LogP contribution in [0.25, 0.3) is 16.9 Å². The van der Waals surface area contributed by atoms with Gasteiger partial charge in [-0.15, -0.1) is 11.8 Å². The molecule has 4 heteroatoms. The first-order valence-corrected chi connectivity index (χ1v) is 7.18. The Kier molecular flexibility index (Phi) is 3.25. The van der Waals surface area contributed by atoms with E-state index < -0.39 is 0 Å². The van der Waals surface area contributed by atoms with E-state index in [9.17, 15) is 0 Å². The summed E-state index contributed by atoms with van der Waals surface area (Å²) < 4.78 is 1.80. The van der Waals surface area contributed by atoms with Gasteiger partial charge in [0, 0.05) is 28.1 Å². The molecule has 0 saturated heterocycles. The molecule has 0 atom stereocenters. The summed E-state index contributed by atoms with van der Waals surface area (Å²) in [5.41, 5.74) is 2.96. The van der Waals surface area contributed by atoms with Crippen LogP contribution in [-0.4, -0.2) is 19.8 Å². The minimum atomic E-state index is 0.603. The molecular formula is C15H15N3S. The van der Waals surface area contributed by atoms with Crippen LogP contribution in [0, 0.1) is 0 Å². The van der Waals surface area contributed by atoms with Gasteiger partial charge in [0.05, 0.1) is 5.69 Å². The summed E-state index contributed by atoms with van der Waals surface area (Å²) in [6.45, 7) is 4.40. The zero-order chi connectivity index (χ0) is 13.2. The molecule has 0 aliphatic rings. The van der Waals surface area contributed by atoms with Crippen molar-refractivity contribution < 1.29 is 0 Å². The number of fused-ring (bicyclic) bond motifs is 1. The van der Waals surface area contributed by atoms with E-state index in [1.807, 2.05) is 30.1 Å². The lowest BCUT2D eigenvalue weighted by molar-refractivity contribution is 0.942. The first kappa shape index (κ1) is 12.2. The number of rotatable bonds is 3. The van der Waals surface area contributed by atoms with Gasteiger partial charge in [0.1, 0.15) is 0 Å². The first-order chi connectivity index (χ1) is 9.22. The van der Waals surface area contributed by atoms with Gasteiger partial charge in [-0.1, -0.05) is 26.0 Å². The van der Waals surface area contributed by atoms with E-state index in [4.69, 9.17) is 0 Å². The molecule has 0 fully saturated rings. The van der Waals surface area contributed by atoms with Crippen molar-refractivity contribution in [1.29, 1.82) is 0 Å². The van der Waals surface area contributed by atoms with Gasteiger partial charge in [0.15, 0.2) is 5.65 Å². The van der Waals surface area contributed by atoms with Crippen molar-refractivity contribution in [2.75, 3.05) is 0 Å². The topological polar surface area (TPSA) is 30.2 Å². The highest BCUT2D eigenvalue weighted by atomic mass is 32.2. The SMILES string of the molecule is CC(C)Sc1ccc(-c2ccc3nccn3n2)cc1. The molecule has 0 N–H and O–H groups in total. The summed E-state index contributed by atoms with van der Waals surface area (Å²) in [6, 6.07) is 12.5. The summed E-state index contributed by atoms with van der Waals surface area (Å²) in [5, 5.41) is 5.15. The van der Waals surface area contributed by atoms with Gasteiger partial charge >= 0.3 is 0 Å². The number of hydrogen-bond donors (Lipinski definition) is 0. The maximum atomic E-state index is 4.54. The van der Waals surface area contributed by atoms with E-state index in [-0.39, 0.29) is 0 Å². The molecule has 96 valence electrons. The molecule has 2 heterocycles. The molecule has 0 aliphatic carbocycles. The number of nitrogens with zero attached hydrogens (tertiary/aromatic N) is 3. The summed E-state index contributed by atoms with van der Waals surface area (Å²) in [7, 11) is 0. The average molecular weight is 269 g/mol. The molecule has 3 aromatic rings. The Morgan fingerprint density at radius 3 is 2.58 bits per heavy atom. The highest BCUT2D eigenvalue weighted by molar-refractivity contribution is 7.99. The van der Waals surface area contributed by atoms with Gasteiger partial charge in [-0.2, -0.15) is 5.10 Å². The third-order valence-electron chi connectivity index (χ3n) is 2.78.